The van der Waals surface area contributed by atoms with Gasteiger partial charge < -0.3 is 10.6 Å². The van der Waals surface area contributed by atoms with Crippen molar-refractivity contribution in [2.24, 2.45) is 0 Å². The Morgan fingerprint density at radius 3 is 2.61 bits per heavy atom. The summed E-state index contributed by atoms with van der Waals surface area (Å²) in [7, 11) is 1.46. The second-order valence-electron chi connectivity index (χ2n) is 3.35. The van der Waals surface area contributed by atoms with E-state index in [-0.39, 0.29) is 11.8 Å². The zero-order valence-electron chi connectivity index (χ0n) is 9.25. The van der Waals surface area contributed by atoms with E-state index in [1.807, 2.05) is 5.38 Å². The quantitative estimate of drug-likeness (QED) is 0.901. The van der Waals surface area contributed by atoms with Gasteiger partial charge in [-0.05, 0) is 11.4 Å². The molecule has 2 heterocycles. The van der Waals surface area contributed by atoms with Gasteiger partial charge in [-0.3, -0.25) is 0 Å². The molecule has 0 saturated heterocycles. The minimum Gasteiger partial charge on any atom is -0.357 e. The third kappa shape index (κ3) is 2.89. The van der Waals surface area contributed by atoms with E-state index >= 15 is 0 Å². The first-order valence-corrected chi connectivity index (χ1v) is 5.86. The van der Waals surface area contributed by atoms with E-state index in [0.29, 0.717) is 5.69 Å². The van der Waals surface area contributed by atoms with Crippen LogP contribution in [0.4, 0.5) is 30.6 Å². The van der Waals surface area contributed by atoms with Crippen LogP contribution >= 0.6 is 11.3 Å². The summed E-state index contributed by atoms with van der Waals surface area (Å²) in [4.78, 5) is 7.28. The number of hydrogen-bond donors (Lipinski definition) is 2. The summed E-state index contributed by atoms with van der Waals surface area (Å²) in [6.07, 6.45) is -4.50. The molecule has 2 N–H and O–H groups in total. The van der Waals surface area contributed by atoms with E-state index in [1.165, 1.54) is 18.4 Å². The second kappa shape index (κ2) is 4.81. The van der Waals surface area contributed by atoms with Crippen LogP contribution < -0.4 is 10.6 Å². The van der Waals surface area contributed by atoms with Crippen LogP contribution in [0.1, 0.15) is 5.69 Å². The minimum atomic E-state index is -4.50. The molecule has 0 fully saturated rings. The Labute approximate surface area is 105 Å². The highest BCUT2D eigenvalue weighted by atomic mass is 32.1. The maximum atomic E-state index is 12.6. The lowest BCUT2D eigenvalue weighted by Crippen LogP contribution is -2.11. The Kier molecular flexibility index (Phi) is 3.37. The van der Waals surface area contributed by atoms with Gasteiger partial charge in [0.2, 0.25) is 5.95 Å². The fourth-order valence-electron chi connectivity index (χ4n) is 1.25. The first-order valence-electron chi connectivity index (χ1n) is 4.92. The van der Waals surface area contributed by atoms with E-state index in [4.69, 9.17) is 0 Å². The maximum absolute atomic E-state index is 12.6. The zero-order valence-corrected chi connectivity index (χ0v) is 10.1. The van der Waals surface area contributed by atoms with Gasteiger partial charge in [0.25, 0.3) is 0 Å². The van der Waals surface area contributed by atoms with Gasteiger partial charge in [-0.25, -0.2) is 4.98 Å². The Morgan fingerprint density at radius 1 is 1.28 bits per heavy atom. The van der Waals surface area contributed by atoms with Crippen molar-refractivity contribution in [1.29, 1.82) is 0 Å². The molecule has 0 bridgehead atoms. The van der Waals surface area contributed by atoms with Crippen LogP contribution in [0.15, 0.2) is 22.9 Å². The standard InChI is InChI=1S/C10H9F3N4S/c1-14-9-16-7(10(11,12)13)4-8(17-9)15-6-2-3-18-5-6/h2-5H,1H3,(H2,14,15,16,17). The Bertz CT molecular complexity index is 524. The van der Waals surface area contributed by atoms with E-state index in [2.05, 4.69) is 20.6 Å². The van der Waals surface area contributed by atoms with Gasteiger partial charge >= 0.3 is 6.18 Å². The SMILES string of the molecule is CNc1nc(Nc2ccsc2)cc(C(F)(F)F)n1. The third-order valence-corrected chi connectivity index (χ3v) is 2.72. The van der Waals surface area contributed by atoms with Crippen LogP contribution in [0.5, 0.6) is 0 Å². The number of halogens is 3. The van der Waals surface area contributed by atoms with Crippen molar-refractivity contribution in [1.82, 2.24) is 9.97 Å². The van der Waals surface area contributed by atoms with Crippen LogP contribution in [0.2, 0.25) is 0 Å². The van der Waals surface area contributed by atoms with Gasteiger partial charge in [-0.15, -0.1) is 0 Å². The smallest absolute Gasteiger partial charge is 0.357 e. The Balaban J connectivity index is 2.35. The number of alkyl halides is 3. The van der Waals surface area contributed by atoms with E-state index < -0.39 is 11.9 Å². The van der Waals surface area contributed by atoms with E-state index in [0.717, 1.165) is 6.07 Å². The summed E-state index contributed by atoms with van der Waals surface area (Å²) >= 11 is 1.43. The Morgan fingerprint density at radius 2 is 2.06 bits per heavy atom. The average Bonchev–Trinajstić information content (AvgIpc) is 2.80. The molecule has 4 nitrogen and oxygen atoms in total. The van der Waals surface area contributed by atoms with Gasteiger partial charge in [-0.1, -0.05) is 0 Å². The second-order valence-corrected chi connectivity index (χ2v) is 4.13. The van der Waals surface area contributed by atoms with Crippen LogP contribution in [0, 0.1) is 0 Å². The molecule has 0 spiro atoms. The number of thiophene rings is 1. The molecule has 0 aliphatic heterocycles. The maximum Gasteiger partial charge on any atom is 0.433 e. The molecule has 0 radical (unpaired) electrons. The van der Waals surface area contributed by atoms with Crippen LogP contribution in [0.3, 0.4) is 0 Å². The molecule has 0 aliphatic carbocycles. The lowest BCUT2D eigenvalue weighted by atomic mass is 10.3. The molecular formula is C10H9F3N4S. The number of aromatic nitrogens is 2. The molecule has 8 heteroatoms. The normalized spacial score (nSPS) is 11.3. The first kappa shape index (κ1) is 12.6. The van der Waals surface area contributed by atoms with Crippen molar-refractivity contribution in [3.05, 3.63) is 28.6 Å². The third-order valence-electron chi connectivity index (χ3n) is 2.03. The summed E-state index contributed by atoms with van der Waals surface area (Å²) in [5, 5.41) is 8.88. The van der Waals surface area contributed by atoms with Gasteiger partial charge in [0.15, 0.2) is 5.69 Å². The lowest BCUT2D eigenvalue weighted by molar-refractivity contribution is -0.141. The highest BCUT2D eigenvalue weighted by Gasteiger charge is 2.33. The van der Waals surface area contributed by atoms with Crippen molar-refractivity contribution in [2.45, 2.75) is 6.18 Å². The minimum absolute atomic E-state index is 0.0810. The molecule has 0 amide bonds. The van der Waals surface area contributed by atoms with Crippen LogP contribution in [0.25, 0.3) is 0 Å². The summed E-state index contributed by atoms with van der Waals surface area (Å²) in [5.74, 6) is 0.0163. The topological polar surface area (TPSA) is 49.8 Å². The average molecular weight is 274 g/mol. The number of rotatable bonds is 3. The largest absolute Gasteiger partial charge is 0.433 e. The van der Waals surface area contributed by atoms with Crippen LogP contribution in [-0.2, 0) is 6.18 Å². The molecule has 0 atom stereocenters. The monoisotopic (exact) mass is 274 g/mol. The summed E-state index contributed by atoms with van der Waals surface area (Å²) in [6, 6.07) is 2.62. The van der Waals surface area contributed by atoms with Crippen LogP contribution in [-0.4, -0.2) is 17.0 Å². The molecule has 96 valence electrons. The van der Waals surface area contributed by atoms with Crippen molar-refractivity contribution >= 4 is 28.8 Å². The molecule has 0 saturated carbocycles. The number of hydrogen-bond acceptors (Lipinski definition) is 5. The molecule has 18 heavy (non-hydrogen) atoms. The van der Waals surface area contributed by atoms with Crippen molar-refractivity contribution < 1.29 is 13.2 Å². The summed E-state index contributed by atoms with van der Waals surface area (Å²) in [5.41, 5.74) is -0.298. The van der Waals surface area contributed by atoms with Gasteiger partial charge in [-0.2, -0.15) is 29.5 Å². The molecule has 2 aromatic rings. The van der Waals surface area contributed by atoms with Crippen molar-refractivity contribution in [2.75, 3.05) is 17.7 Å². The van der Waals surface area contributed by atoms with Gasteiger partial charge in [0, 0.05) is 18.5 Å². The summed E-state index contributed by atoms with van der Waals surface area (Å²) in [6.45, 7) is 0. The van der Waals surface area contributed by atoms with E-state index in [1.54, 1.807) is 11.4 Å². The molecule has 2 rings (SSSR count). The highest BCUT2D eigenvalue weighted by Crippen LogP contribution is 2.30. The fourth-order valence-corrected chi connectivity index (χ4v) is 1.84. The predicted molar refractivity (Wildman–Crippen MR) is 64.2 cm³/mol. The zero-order chi connectivity index (χ0) is 13.2. The van der Waals surface area contributed by atoms with E-state index in [9.17, 15) is 13.2 Å². The molecule has 0 aliphatic rings. The fraction of sp³-hybridized carbons (Fsp3) is 0.200. The number of nitrogens with zero attached hydrogens (tertiary/aromatic N) is 2. The van der Waals surface area contributed by atoms with Crippen molar-refractivity contribution in [3.63, 3.8) is 0 Å². The number of anilines is 3. The highest BCUT2D eigenvalue weighted by molar-refractivity contribution is 7.08. The molecule has 0 unspecified atom stereocenters. The lowest BCUT2D eigenvalue weighted by Gasteiger charge is -2.10. The molecule has 2 aromatic heterocycles. The predicted octanol–water partition coefficient (Wildman–Crippen LogP) is 3.34. The summed E-state index contributed by atoms with van der Waals surface area (Å²) < 4.78 is 37.9. The van der Waals surface area contributed by atoms with Gasteiger partial charge in [0.05, 0.1) is 5.69 Å². The van der Waals surface area contributed by atoms with Crippen molar-refractivity contribution in [3.8, 4) is 0 Å². The first-order chi connectivity index (χ1) is 8.49. The molecular weight excluding hydrogens is 265 g/mol. The Hall–Kier alpha value is -1.83. The number of nitrogens with one attached hydrogen (secondary N) is 2. The van der Waals surface area contributed by atoms with Gasteiger partial charge in [0.1, 0.15) is 5.82 Å². The molecule has 0 aromatic carbocycles.